The Hall–Kier alpha value is -2.27. The average molecular weight is 263 g/mol. The van der Waals surface area contributed by atoms with Gasteiger partial charge in [-0.25, -0.2) is 14.3 Å². The van der Waals surface area contributed by atoms with E-state index in [1.165, 1.54) is 0 Å². The molecule has 0 spiro atoms. The molecule has 0 unspecified atom stereocenters. The van der Waals surface area contributed by atoms with Gasteiger partial charge in [-0.1, -0.05) is 30.3 Å². The van der Waals surface area contributed by atoms with Crippen LogP contribution in [-0.4, -0.2) is 5.91 Å². The number of hydrogen-bond donors (Lipinski definition) is 1. The molecule has 5 heteroatoms. The van der Waals surface area contributed by atoms with Crippen LogP contribution < -0.4 is 5.48 Å². The first-order chi connectivity index (χ1) is 9.16. The lowest BCUT2D eigenvalue weighted by atomic mass is 10.2. The van der Waals surface area contributed by atoms with Crippen LogP contribution in [0, 0.1) is 11.6 Å². The van der Waals surface area contributed by atoms with Crippen molar-refractivity contribution >= 4 is 5.91 Å². The Kier molecular flexibility index (Phi) is 4.20. The number of amides is 1. The maximum Gasteiger partial charge on any atom is 0.277 e. The van der Waals surface area contributed by atoms with Gasteiger partial charge in [-0.2, -0.15) is 0 Å². The predicted molar refractivity (Wildman–Crippen MR) is 65.1 cm³/mol. The van der Waals surface area contributed by atoms with E-state index in [9.17, 15) is 13.6 Å². The van der Waals surface area contributed by atoms with Gasteiger partial charge in [0.05, 0.1) is 12.2 Å². The summed E-state index contributed by atoms with van der Waals surface area (Å²) in [6, 6.07) is 11.9. The summed E-state index contributed by atoms with van der Waals surface area (Å²) in [5.74, 6) is -2.42. The Balaban J connectivity index is 1.91. The van der Waals surface area contributed by atoms with Crippen LogP contribution in [0.2, 0.25) is 0 Å². The van der Waals surface area contributed by atoms with Gasteiger partial charge in [-0.15, -0.1) is 0 Å². The van der Waals surface area contributed by atoms with E-state index in [1.54, 1.807) is 0 Å². The second kappa shape index (κ2) is 6.06. The topological polar surface area (TPSA) is 38.3 Å². The Morgan fingerprint density at radius 2 is 1.84 bits per heavy atom. The van der Waals surface area contributed by atoms with Crippen LogP contribution in [-0.2, 0) is 11.4 Å². The molecule has 0 fully saturated rings. The van der Waals surface area contributed by atoms with Crippen molar-refractivity contribution in [2.45, 2.75) is 6.61 Å². The number of hydrogen-bond acceptors (Lipinski definition) is 2. The van der Waals surface area contributed by atoms with Crippen molar-refractivity contribution in [2.24, 2.45) is 0 Å². The number of carbonyl (C=O) groups is 1. The summed E-state index contributed by atoms with van der Waals surface area (Å²) in [7, 11) is 0. The maximum atomic E-state index is 13.3. The second-order valence-electron chi connectivity index (χ2n) is 3.83. The van der Waals surface area contributed by atoms with E-state index in [2.05, 4.69) is 5.48 Å². The minimum atomic E-state index is -0.930. The van der Waals surface area contributed by atoms with Gasteiger partial charge >= 0.3 is 0 Å². The van der Waals surface area contributed by atoms with Crippen molar-refractivity contribution in [1.82, 2.24) is 5.48 Å². The zero-order valence-electron chi connectivity index (χ0n) is 9.90. The fourth-order valence-corrected chi connectivity index (χ4v) is 1.49. The summed E-state index contributed by atoms with van der Waals surface area (Å²) in [5, 5.41) is 0. The Labute approximate surface area is 108 Å². The lowest BCUT2D eigenvalue weighted by molar-refractivity contribution is 0.0230. The van der Waals surface area contributed by atoms with Gasteiger partial charge < -0.3 is 0 Å². The summed E-state index contributed by atoms with van der Waals surface area (Å²) < 4.78 is 26.0. The van der Waals surface area contributed by atoms with E-state index < -0.39 is 17.5 Å². The van der Waals surface area contributed by atoms with Gasteiger partial charge in [-0.3, -0.25) is 9.63 Å². The molecule has 2 rings (SSSR count). The van der Waals surface area contributed by atoms with E-state index in [1.807, 2.05) is 30.3 Å². The smallest absolute Gasteiger partial charge is 0.269 e. The van der Waals surface area contributed by atoms with Gasteiger partial charge in [0, 0.05) is 6.07 Å². The monoisotopic (exact) mass is 263 g/mol. The fourth-order valence-electron chi connectivity index (χ4n) is 1.49. The Morgan fingerprint density at radius 3 is 2.53 bits per heavy atom. The molecule has 0 saturated heterocycles. The molecule has 1 amide bonds. The molecule has 0 saturated carbocycles. The van der Waals surface area contributed by atoms with Gasteiger partial charge in [-0.05, 0) is 17.7 Å². The van der Waals surface area contributed by atoms with Crippen LogP contribution >= 0.6 is 0 Å². The maximum absolute atomic E-state index is 13.3. The minimum absolute atomic E-state index is 0.162. The molecular formula is C14H11F2NO2. The van der Waals surface area contributed by atoms with Crippen molar-refractivity contribution < 1.29 is 18.4 Å². The highest BCUT2D eigenvalue weighted by molar-refractivity contribution is 5.93. The molecule has 98 valence electrons. The zero-order chi connectivity index (χ0) is 13.7. The van der Waals surface area contributed by atoms with E-state index in [-0.39, 0.29) is 12.2 Å². The molecule has 19 heavy (non-hydrogen) atoms. The molecule has 2 aromatic carbocycles. The summed E-state index contributed by atoms with van der Waals surface area (Å²) in [5.41, 5.74) is 2.70. The van der Waals surface area contributed by atoms with E-state index in [0.29, 0.717) is 6.07 Å². The Bertz CT molecular complexity index is 573. The van der Waals surface area contributed by atoms with Crippen LogP contribution in [0.5, 0.6) is 0 Å². The van der Waals surface area contributed by atoms with Crippen molar-refractivity contribution in [1.29, 1.82) is 0 Å². The molecule has 0 aliphatic carbocycles. The average Bonchev–Trinajstić information content (AvgIpc) is 2.39. The molecule has 0 aromatic heterocycles. The molecular weight excluding hydrogens is 252 g/mol. The van der Waals surface area contributed by atoms with Gasteiger partial charge in [0.1, 0.15) is 11.6 Å². The van der Waals surface area contributed by atoms with Crippen molar-refractivity contribution in [3.8, 4) is 0 Å². The normalized spacial score (nSPS) is 10.2. The highest BCUT2D eigenvalue weighted by atomic mass is 19.1. The van der Waals surface area contributed by atoms with Crippen LogP contribution in [0.1, 0.15) is 15.9 Å². The number of nitrogens with one attached hydrogen (secondary N) is 1. The van der Waals surface area contributed by atoms with Gasteiger partial charge in [0.25, 0.3) is 5.91 Å². The SMILES string of the molecule is O=C(NOCc1ccccc1)c1ccc(F)cc1F. The fraction of sp³-hybridized carbons (Fsp3) is 0.0714. The third-order valence-electron chi connectivity index (χ3n) is 2.42. The van der Waals surface area contributed by atoms with Crippen LogP contribution in [0.15, 0.2) is 48.5 Å². The molecule has 1 N–H and O–H groups in total. The summed E-state index contributed by atoms with van der Waals surface area (Å²) in [4.78, 5) is 16.5. The number of hydroxylamine groups is 1. The van der Waals surface area contributed by atoms with Gasteiger partial charge in [0.2, 0.25) is 0 Å². The quantitative estimate of drug-likeness (QED) is 0.861. The highest BCUT2D eigenvalue weighted by Gasteiger charge is 2.12. The number of rotatable bonds is 4. The lowest BCUT2D eigenvalue weighted by Crippen LogP contribution is -2.24. The first-order valence-electron chi connectivity index (χ1n) is 5.58. The third kappa shape index (κ3) is 3.59. The number of benzene rings is 2. The summed E-state index contributed by atoms with van der Waals surface area (Å²) in [6.45, 7) is 0.162. The predicted octanol–water partition coefficient (Wildman–Crippen LogP) is 2.83. The summed E-state index contributed by atoms with van der Waals surface area (Å²) >= 11 is 0. The second-order valence-corrected chi connectivity index (χ2v) is 3.83. The van der Waals surface area contributed by atoms with Gasteiger partial charge in [0.15, 0.2) is 0 Å². The first-order valence-corrected chi connectivity index (χ1v) is 5.58. The lowest BCUT2D eigenvalue weighted by Gasteiger charge is -2.06. The number of halogens is 2. The molecule has 0 radical (unpaired) electrons. The molecule has 3 nitrogen and oxygen atoms in total. The molecule has 0 bridgehead atoms. The molecule has 2 aromatic rings. The van der Waals surface area contributed by atoms with Crippen LogP contribution in [0.4, 0.5) is 8.78 Å². The van der Waals surface area contributed by atoms with Crippen molar-refractivity contribution in [3.05, 3.63) is 71.3 Å². The Morgan fingerprint density at radius 1 is 1.11 bits per heavy atom. The molecule has 0 atom stereocenters. The molecule has 0 aliphatic heterocycles. The largest absolute Gasteiger partial charge is 0.277 e. The highest BCUT2D eigenvalue weighted by Crippen LogP contribution is 2.09. The van der Waals surface area contributed by atoms with Crippen molar-refractivity contribution in [2.75, 3.05) is 0 Å². The standard InChI is InChI=1S/C14H11F2NO2/c15-11-6-7-12(13(16)8-11)14(18)17-19-9-10-4-2-1-3-5-10/h1-8H,9H2,(H,17,18). The molecule has 0 aliphatic rings. The van der Waals surface area contributed by atoms with Crippen LogP contribution in [0.3, 0.4) is 0 Å². The third-order valence-corrected chi connectivity index (χ3v) is 2.42. The minimum Gasteiger partial charge on any atom is -0.269 e. The first kappa shape index (κ1) is 13.2. The van der Waals surface area contributed by atoms with E-state index >= 15 is 0 Å². The molecule has 0 heterocycles. The van der Waals surface area contributed by atoms with E-state index in [0.717, 1.165) is 17.7 Å². The van der Waals surface area contributed by atoms with E-state index in [4.69, 9.17) is 4.84 Å². The van der Waals surface area contributed by atoms with Crippen molar-refractivity contribution in [3.63, 3.8) is 0 Å². The number of carbonyl (C=O) groups excluding carboxylic acids is 1. The zero-order valence-corrected chi connectivity index (χ0v) is 9.90. The van der Waals surface area contributed by atoms with Crippen LogP contribution in [0.25, 0.3) is 0 Å². The summed E-state index contributed by atoms with van der Waals surface area (Å²) in [6.07, 6.45) is 0.